The van der Waals surface area contributed by atoms with E-state index in [1.54, 1.807) is 54.3 Å². The molecule has 10 heteroatoms. The van der Waals surface area contributed by atoms with Gasteiger partial charge >= 0.3 is 6.03 Å². The Balaban J connectivity index is 1.42. The Hall–Kier alpha value is -4.50. The highest BCUT2D eigenvalue weighted by molar-refractivity contribution is 6.30. The first-order chi connectivity index (χ1) is 17.3. The molecule has 0 bridgehead atoms. The van der Waals surface area contributed by atoms with Crippen LogP contribution in [0.2, 0.25) is 5.02 Å². The Bertz CT molecular complexity index is 1380. The minimum Gasteiger partial charge on any atom is -0.497 e. The summed E-state index contributed by atoms with van der Waals surface area (Å²) in [6.45, 7) is 2.25. The number of hydrogen-bond donors (Lipinski definition) is 4. The minimum absolute atomic E-state index is 0.327. The lowest BCUT2D eigenvalue weighted by Gasteiger charge is -2.12. The number of urea groups is 1. The van der Waals surface area contributed by atoms with Gasteiger partial charge in [0.25, 0.3) is 5.91 Å². The van der Waals surface area contributed by atoms with Gasteiger partial charge in [0.1, 0.15) is 17.3 Å². The van der Waals surface area contributed by atoms with Gasteiger partial charge in [0.15, 0.2) is 0 Å². The average Bonchev–Trinajstić information content (AvgIpc) is 3.20. The number of ether oxygens (including phenoxy) is 1. The van der Waals surface area contributed by atoms with Crippen LogP contribution in [0.25, 0.3) is 0 Å². The second-order valence-electron chi connectivity index (χ2n) is 8.02. The molecule has 1 aromatic heterocycles. The molecule has 0 saturated heterocycles. The van der Waals surface area contributed by atoms with Gasteiger partial charge in [-0.15, -0.1) is 0 Å². The fourth-order valence-electron chi connectivity index (χ4n) is 3.48. The minimum atomic E-state index is -0.448. The van der Waals surface area contributed by atoms with Crippen LogP contribution >= 0.6 is 11.6 Å². The maximum Gasteiger partial charge on any atom is 0.323 e. The Morgan fingerprint density at radius 3 is 2.33 bits per heavy atom. The number of nitrogen functional groups attached to an aromatic ring is 1. The molecule has 0 atom stereocenters. The van der Waals surface area contributed by atoms with E-state index in [1.165, 1.54) is 6.20 Å². The highest BCUT2D eigenvalue weighted by Gasteiger charge is 2.15. The highest BCUT2D eigenvalue weighted by atomic mass is 35.5. The van der Waals surface area contributed by atoms with Crippen LogP contribution in [-0.2, 0) is 6.54 Å². The van der Waals surface area contributed by atoms with Gasteiger partial charge in [-0.1, -0.05) is 29.8 Å². The number of carbonyl (C=O) groups is 2. The number of nitrogens with zero attached hydrogens (tertiary/aromatic N) is 2. The molecule has 0 unspecified atom stereocenters. The van der Waals surface area contributed by atoms with E-state index in [-0.39, 0.29) is 5.91 Å². The van der Waals surface area contributed by atoms with Crippen LogP contribution in [0, 0.1) is 6.92 Å². The van der Waals surface area contributed by atoms with Crippen molar-refractivity contribution in [2.45, 2.75) is 13.5 Å². The van der Waals surface area contributed by atoms with Crippen LogP contribution < -0.4 is 26.4 Å². The van der Waals surface area contributed by atoms with Crippen LogP contribution in [0.5, 0.6) is 5.75 Å². The van der Waals surface area contributed by atoms with Crippen LogP contribution in [-0.4, -0.2) is 28.8 Å². The third-order valence-electron chi connectivity index (χ3n) is 5.46. The maximum atomic E-state index is 13.0. The van der Waals surface area contributed by atoms with Gasteiger partial charge in [-0.2, -0.15) is 5.10 Å². The van der Waals surface area contributed by atoms with Crippen molar-refractivity contribution in [3.05, 3.63) is 94.6 Å². The number of hydrogen-bond acceptors (Lipinski definition) is 5. The first-order valence-electron chi connectivity index (χ1n) is 11.0. The van der Waals surface area contributed by atoms with Crippen molar-refractivity contribution in [1.29, 1.82) is 0 Å². The van der Waals surface area contributed by atoms with Crippen LogP contribution in [0.15, 0.2) is 72.9 Å². The molecule has 3 amide bonds. The van der Waals surface area contributed by atoms with Crippen molar-refractivity contribution >= 4 is 46.4 Å². The van der Waals surface area contributed by atoms with E-state index in [9.17, 15) is 9.59 Å². The quantitative estimate of drug-likeness (QED) is 0.269. The van der Waals surface area contributed by atoms with Gasteiger partial charge in [0, 0.05) is 22.0 Å². The summed E-state index contributed by atoms with van der Waals surface area (Å²) in [6.07, 6.45) is 1.51. The molecule has 1 heterocycles. The van der Waals surface area contributed by atoms with Gasteiger partial charge in [-0.25, -0.2) is 9.48 Å². The van der Waals surface area contributed by atoms with Crippen LogP contribution in [0.1, 0.15) is 21.5 Å². The molecule has 5 N–H and O–H groups in total. The molecule has 36 heavy (non-hydrogen) atoms. The standard InChI is InChI=1S/C26H25ClN6O3/c1-16-3-8-20(31-26(35)30-19-9-6-18(27)7-10-19)13-22(16)25(34)32-23-14-29-33(24(23)28)15-17-4-11-21(36-2)12-5-17/h3-14H,15,28H2,1-2H3,(H,32,34)(H2,30,31,35). The van der Waals surface area contributed by atoms with E-state index in [2.05, 4.69) is 21.0 Å². The number of amides is 3. The average molecular weight is 505 g/mol. The molecule has 4 rings (SSSR count). The van der Waals surface area contributed by atoms with Gasteiger partial charge in [-0.05, 0) is 66.6 Å². The number of benzene rings is 3. The predicted molar refractivity (Wildman–Crippen MR) is 142 cm³/mol. The van der Waals surface area contributed by atoms with Gasteiger partial charge < -0.3 is 26.4 Å². The monoisotopic (exact) mass is 504 g/mol. The van der Waals surface area contributed by atoms with Crippen molar-refractivity contribution < 1.29 is 14.3 Å². The Morgan fingerprint density at radius 2 is 1.64 bits per heavy atom. The van der Waals surface area contributed by atoms with Gasteiger partial charge in [-0.3, -0.25) is 4.79 Å². The third kappa shape index (κ3) is 5.94. The van der Waals surface area contributed by atoms with E-state index in [0.29, 0.717) is 40.0 Å². The van der Waals surface area contributed by atoms with E-state index < -0.39 is 6.03 Å². The zero-order chi connectivity index (χ0) is 25.7. The van der Waals surface area contributed by atoms with Crippen molar-refractivity contribution in [2.75, 3.05) is 28.8 Å². The smallest absolute Gasteiger partial charge is 0.323 e. The van der Waals surface area contributed by atoms with Crippen molar-refractivity contribution in [3.8, 4) is 5.75 Å². The summed E-state index contributed by atoms with van der Waals surface area (Å²) in [5, 5.41) is 13.1. The summed E-state index contributed by atoms with van der Waals surface area (Å²) in [4.78, 5) is 25.4. The number of nitrogens with one attached hydrogen (secondary N) is 3. The number of rotatable bonds is 7. The number of anilines is 4. The lowest BCUT2D eigenvalue weighted by molar-refractivity contribution is 0.102. The molecule has 4 aromatic rings. The van der Waals surface area contributed by atoms with E-state index >= 15 is 0 Å². The number of methoxy groups -OCH3 is 1. The predicted octanol–water partition coefficient (Wildman–Crippen LogP) is 5.38. The second-order valence-corrected chi connectivity index (χ2v) is 8.46. The number of halogens is 1. The zero-order valence-corrected chi connectivity index (χ0v) is 20.5. The molecule has 0 spiro atoms. The summed E-state index contributed by atoms with van der Waals surface area (Å²) in [5.74, 6) is 0.716. The Labute approximate surface area is 213 Å². The van der Waals surface area contributed by atoms with Gasteiger partial charge in [0.2, 0.25) is 0 Å². The van der Waals surface area contributed by atoms with Gasteiger partial charge in [0.05, 0.1) is 19.9 Å². The van der Waals surface area contributed by atoms with Crippen molar-refractivity contribution in [1.82, 2.24) is 9.78 Å². The normalized spacial score (nSPS) is 10.5. The lowest BCUT2D eigenvalue weighted by Crippen LogP contribution is -2.20. The molecule has 0 radical (unpaired) electrons. The molecule has 3 aromatic carbocycles. The number of nitrogens with two attached hydrogens (primary N) is 1. The molecule has 0 aliphatic carbocycles. The first kappa shape index (κ1) is 24.6. The first-order valence-corrected chi connectivity index (χ1v) is 11.4. The largest absolute Gasteiger partial charge is 0.497 e. The molecule has 9 nitrogen and oxygen atoms in total. The number of carbonyl (C=O) groups excluding carboxylic acids is 2. The molecular weight excluding hydrogens is 480 g/mol. The van der Waals surface area contributed by atoms with E-state index in [4.69, 9.17) is 22.1 Å². The lowest BCUT2D eigenvalue weighted by atomic mass is 10.1. The highest BCUT2D eigenvalue weighted by Crippen LogP contribution is 2.23. The van der Waals surface area contributed by atoms with E-state index in [0.717, 1.165) is 16.9 Å². The molecule has 0 saturated carbocycles. The van der Waals surface area contributed by atoms with E-state index in [1.807, 2.05) is 31.2 Å². The Morgan fingerprint density at radius 1 is 0.972 bits per heavy atom. The topological polar surface area (TPSA) is 123 Å². The van der Waals surface area contributed by atoms with Crippen molar-refractivity contribution in [2.24, 2.45) is 0 Å². The van der Waals surface area contributed by atoms with Crippen LogP contribution in [0.4, 0.5) is 27.7 Å². The molecule has 0 aliphatic rings. The summed E-state index contributed by atoms with van der Waals surface area (Å²) >= 11 is 5.87. The Kier molecular flexibility index (Phi) is 7.41. The molecule has 184 valence electrons. The van der Waals surface area contributed by atoms with Crippen molar-refractivity contribution in [3.63, 3.8) is 0 Å². The third-order valence-corrected chi connectivity index (χ3v) is 5.71. The summed E-state index contributed by atoms with van der Waals surface area (Å²) < 4.78 is 6.78. The second kappa shape index (κ2) is 10.8. The number of aryl methyl sites for hydroxylation is 1. The maximum absolute atomic E-state index is 13.0. The molecular formula is C26H25ClN6O3. The molecule has 0 aliphatic heterocycles. The summed E-state index contributed by atoms with van der Waals surface area (Å²) in [6, 6.07) is 18.9. The van der Waals surface area contributed by atoms with Crippen LogP contribution in [0.3, 0.4) is 0 Å². The SMILES string of the molecule is COc1ccc(Cn2ncc(NC(=O)c3cc(NC(=O)Nc4ccc(Cl)cc4)ccc3C)c2N)cc1. The molecule has 0 fully saturated rings. The zero-order valence-electron chi connectivity index (χ0n) is 19.7. The fourth-order valence-corrected chi connectivity index (χ4v) is 3.61. The number of aromatic nitrogens is 2. The fraction of sp³-hybridized carbons (Fsp3) is 0.115. The summed E-state index contributed by atoms with van der Waals surface area (Å²) in [5.41, 5.74) is 9.79. The summed E-state index contributed by atoms with van der Waals surface area (Å²) in [7, 11) is 1.61.